The van der Waals surface area contributed by atoms with Gasteiger partial charge in [0.25, 0.3) is 0 Å². The van der Waals surface area contributed by atoms with Crippen molar-refractivity contribution in [2.24, 2.45) is 5.41 Å². The Balaban J connectivity index is 2.81. The molecule has 0 aliphatic carbocycles. The Kier molecular flexibility index (Phi) is 6.20. The van der Waals surface area contributed by atoms with Gasteiger partial charge in [-0.3, -0.25) is 0 Å². The van der Waals surface area contributed by atoms with Gasteiger partial charge in [-0.15, -0.1) is 0 Å². The third-order valence-electron chi connectivity index (χ3n) is 3.96. The second-order valence-corrected chi connectivity index (χ2v) is 5.02. The van der Waals surface area contributed by atoms with Gasteiger partial charge < -0.3 is 10.1 Å². The van der Waals surface area contributed by atoms with E-state index in [0.717, 1.165) is 25.3 Å². The van der Waals surface area contributed by atoms with Crippen LogP contribution in [0.5, 0.6) is 5.75 Å². The quantitative estimate of drug-likeness (QED) is 0.759. The van der Waals surface area contributed by atoms with Crippen LogP contribution in [0.25, 0.3) is 0 Å². The second-order valence-electron chi connectivity index (χ2n) is 5.02. The first-order valence-corrected chi connectivity index (χ1v) is 7.03. The van der Waals surface area contributed by atoms with E-state index in [0.29, 0.717) is 5.41 Å². The van der Waals surface area contributed by atoms with Gasteiger partial charge in [-0.2, -0.15) is 0 Å². The minimum atomic E-state index is 0.363. The van der Waals surface area contributed by atoms with Crippen molar-refractivity contribution >= 4 is 0 Å². The summed E-state index contributed by atoms with van der Waals surface area (Å²) in [5.74, 6) is 0.956. The highest BCUT2D eigenvalue weighted by Gasteiger charge is 2.25. The van der Waals surface area contributed by atoms with Gasteiger partial charge in [-0.1, -0.05) is 32.9 Å². The summed E-state index contributed by atoms with van der Waals surface area (Å²) < 4.78 is 5.30. The lowest BCUT2D eigenvalue weighted by molar-refractivity contribution is 0.248. The summed E-state index contributed by atoms with van der Waals surface area (Å²) in [4.78, 5) is 0. The average molecular weight is 249 g/mol. The van der Waals surface area contributed by atoms with Gasteiger partial charge in [0.2, 0.25) is 0 Å². The van der Waals surface area contributed by atoms with Crippen LogP contribution in [-0.4, -0.2) is 20.2 Å². The van der Waals surface area contributed by atoms with Crippen molar-refractivity contribution in [2.75, 3.05) is 20.2 Å². The summed E-state index contributed by atoms with van der Waals surface area (Å²) in [5.41, 5.74) is 1.73. The standard InChI is InChI=1S/C16H27NO/c1-5-16(6-2,13-17-7-3)12-14-9-8-10-15(11-14)18-4/h8-11,17H,5-7,12-13H2,1-4H3. The maximum atomic E-state index is 5.30. The third kappa shape index (κ3) is 4.02. The molecule has 18 heavy (non-hydrogen) atoms. The maximum absolute atomic E-state index is 5.30. The van der Waals surface area contributed by atoms with Crippen molar-refractivity contribution in [2.45, 2.75) is 40.0 Å². The van der Waals surface area contributed by atoms with E-state index in [-0.39, 0.29) is 0 Å². The molecule has 0 aromatic heterocycles. The molecule has 0 saturated heterocycles. The van der Waals surface area contributed by atoms with E-state index in [2.05, 4.69) is 44.3 Å². The molecule has 0 radical (unpaired) electrons. The third-order valence-corrected chi connectivity index (χ3v) is 3.96. The van der Waals surface area contributed by atoms with Crippen LogP contribution in [0.15, 0.2) is 24.3 Å². The van der Waals surface area contributed by atoms with Crippen molar-refractivity contribution in [1.82, 2.24) is 5.32 Å². The molecule has 0 fully saturated rings. The van der Waals surface area contributed by atoms with Gasteiger partial charge in [0, 0.05) is 6.54 Å². The second kappa shape index (κ2) is 7.42. The molecule has 0 saturated carbocycles. The van der Waals surface area contributed by atoms with Crippen LogP contribution in [0, 0.1) is 5.41 Å². The first kappa shape index (κ1) is 15.0. The number of rotatable bonds is 8. The Bertz CT molecular complexity index is 345. The molecule has 0 heterocycles. The first-order valence-electron chi connectivity index (χ1n) is 7.03. The number of hydrogen-bond acceptors (Lipinski definition) is 2. The van der Waals surface area contributed by atoms with Gasteiger partial charge in [0.05, 0.1) is 7.11 Å². The molecule has 2 heteroatoms. The Labute approximate surface area is 112 Å². The van der Waals surface area contributed by atoms with Crippen molar-refractivity contribution in [1.29, 1.82) is 0 Å². The molecule has 1 rings (SSSR count). The zero-order chi connectivity index (χ0) is 13.4. The highest BCUT2D eigenvalue weighted by atomic mass is 16.5. The van der Waals surface area contributed by atoms with E-state index in [1.54, 1.807) is 7.11 Å². The van der Waals surface area contributed by atoms with E-state index in [1.807, 2.05) is 6.07 Å². The van der Waals surface area contributed by atoms with Gasteiger partial charge in [-0.05, 0) is 48.9 Å². The van der Waals surface area contributed by atoms with Crippen LogP contribution < -0.4 is 10.1 Å². The van der Waals surface area contributed by atoms with Crippen LogP contribution in [-0.2, 0) is 6.42 Å². The van der Waals surface area contributed by atoms with Crippen LogP contribution in [0.2, 0.25) is 0 Å². The lowest BCUT2D eigenvalue weighted by atomic mass is 9.77. The molecule has 1 N–H and O–H groups in total. The molecule has 0 aliphatic rings. The van der Waals surface area contributed by atoms with E-state index < -0.39 is 0 Å². The topological polar surface area (TPSA) is 21.3 Å². The van der Waals surface area contributed by atoms with Crippen LogP contribution >= 0.6 is 0 Å². The van der Waals surface area contributed by atoms with Crippen LogP contribution in [0.3, 0.4) is 0 Å². The van der Waals surface area contributed by atoms with Crippen LogP contribution in [0.1, 0.15) is 39.2 Å². The number of methoxy groups -OCH3 is 1. The van der Waals surface area contributed by atoms with E-state index in [1.165, 1.54) is 18.4 Å². The van der Waals surface area contributed by atoms with Gasteiger partial charge in [0.15, 0.2) is 0 Å². The number of hydrogen-bond donors (Lipinski definition) is 1. The predicted molar refractivity (Wildman–Crippen MR) is 78.3 cm³/mol. The fourth-order valence-electron chi connectivity index (χ4n) is 2.42. The predicted octanol–water partition coefficient (Wildman–Crippen LogP) is 3.65. The summed E-state index contributed by atoms with van der Waals surface area (Å²) in [6.45, 7) is 8.89. The molecule has 0 unspecified atom stereocenters. The van der Waals surface area contributed by atoms with Crippen molar-refractivity contribution in [3.63, 3.8) is 0 Å². The van der Waals surface area contributed by atoms with E-state index in [4.69, 9.17) is 4.74 Å². The van der Waals surface area contributed by atoms with Crippen LogP contribution in [0.4, 0.5) is 0 Å². The number of benzene rings is 1. The molecule has 0 amide bonds. The molecule has 1 aromatic carbocycles. The average Bonchev–Trinajstić information content (AvgIpc) is 2.44. The lowest BCUT2D eigenvalue weighted by Gasteiger charge is -2.32. The first-order chi connectivity index (χ1) is 8.69. The van der Waals surface area contributed by atoms with Gasteiger partial charge in [0.1, 0.15) is 5.75 Å². The Morgan fingerprint density at radius 2 is 1.89 bits per heavy atom. The van der Waals surface area contributed by atoms with Gasteiger partial charge >= 0.3 is 0 Å². The Morgan fingerprint density at radius 3 is 2.44 bits per heavy atom. The molecule has 0 atom stereocenters. The highest BCUT2D eigenvalue weighted by Crippen LogP contribution is 2.31. The number of nitrogens with one attached hydrogen (secondary N) is 1. The summed E-state index contributed by atoms with van der Waals surface area (Å²) in [5, 5.41) is 3.51. The Hall–Kier alpha value is -1.02. The molecule has 102 valence electrons. The normalized spacial score (nSPS) is 11.6. The number of ether oxygens (including phenoxy) is 1. The zero-order valence-corrected chi connectivity index (χ0v) is 12.3. The van der Waals surface area contributed by atoms with Crippen molar-refractivity contribution in [3.05, 3.63) is 29.8 Å². The molecule has 1 aromatic rings. The lowest BCUT2D eigenvalue weighted by Crippen LogP contribution is -2.35. The van der Waals surface area contributed by atoms with Crippen molar-refractivity contribution < 1.29 is 4.74 Å². The SMILES string of the molecule is CCNCC(CC)(CC)Cc1cccc(OC)c1. The highest BCUT2D eigenvalue weighted by molar-refractivity contribution is 5.29. The Morgan fingerprint density at radius 1 is 1.17 bits per heavy atom. The largest absolute Gasteiger partial charge is 0.497 e. The molecular weight excluding hydrogens is 222 g/mol. The summed E-state index contributed by atoms with van der Waals surface area (Å²) in [6, 6.07) is 8.45. The molecular formula is C16H27NO. The monoisotopic (exact) mass is 249 g/mol. The molecule has 0 aliphatic heterocycles. The summed E-state index contributed by atoms with van der Waals surface area (Å²) in [6.07, 6.45) is 3.52. The zero-order valence-electron chi connectivity index (χ0n) is 12.3. The summed E-state index contributed by atoms with van der Waals surface area (Å²) in [7, 11) is 1.73. The smallest absolute Gasteiger partial charge is 0.119 e. The molecule has 0 bridgehead atoms. The minimum Gasteiger partial charge on any atom is -0.497 e. The molecule has 2 nitrogen and oxygen atoms in total. The van der Waals surface area contributed by atoms with Crippen molar-refractivity contribution in [3.8, 4) is 5.75 Å². The van der Waals surface area contributed by atoms with E-state index >= 15 is 0 Å². The van der Waals surface area contributed by atoms with E-state index in [9.17, 15) is 0 Å². The van der Waals surface area contributed by atoms with Gasteiger partial charge in [-0.25, -0.2) is 0 Å². The summed E-state index contributed by atoms with van der Waals surface area (Å²) >= 11 is 0. The maximum Gasteiger partial charge on any atom is 0.119 e. The fraction of sp³-hybridized carbons (Fsp3) is 0.625. The fourth-order valence-corrected chi connectivity index (χ4v) is 2.42. The molecule has 0 spiro atoms. The minimum absolute atomic E-state index is 0.363.